The second-order valence-corrected chi connectivity index (χ2v) is 4.21. The fraction of sp³-hybridized carbons (Fsp3) is 0.154. The van der Waals surface area contributed by atoms with Crippen LogP contribution in [0.5, 0.6) is 0 Å². The first-order chi connectivity index (χ1) is 7.22. The van der Waals surface area contributed by atoms with Gasteiger partial charge in [0, 0.05) is 11.9 Å². The van der Waals surface area contributed by atoms with Gasteiger partial charge < -0.3 is 0 Å². The van der Waals surface area contributed by atoms with E-state index in [2.05, 4.69) is 30.9 Å². The maximum absolute atomic E-state index is 4.19. The Bertz CT molecular complexity index is 405. The van der Waals surface area contributed by atoms with Crippen LogP contribution in [0, 0.1) is 6.92 Å². The van der Waals surface area contributed by atoms with Gasteiger partial charge in [-0.1, -0.05) is 33.9 Å². The number of allylic oxidation sites excluding steroid dienone is 4. The van der Waals surface area contributed by atoms with Gasteiger partial charge in [0.15, 0.2) is 0 Å². The van der Waals surface area contributed by atoms with Crippen molar-refractivity contribution in [3.8, 4) is 0 Å². The minimum atomic E-state index is 0.728. The molecule has 0 fully saturated rings. The number of aryl methyl sites for hydroxylation is 1. The Morgan fingerprint density at radius 3 is 2.60 bits per heavy atom. The lowest BCUT2D eigenvalue weighted by Gasteiger charge is -2.07. The van der Waals surface area contributed by atoms with Crippen LogP contribution in [-0.2, 0) is 0 Å². The van der Waals surface area contributed by atoms with E-state index in [0.717, 1.165) is 19.8 Å². The molecule has 0 saturated carbocycles. The molecule has 15 heavy (non-hydrogen) atoms. The second-order valence-electron chi connectivity index (χ2n) is 3.17. The third-order valence-corrected chi connectivity index (χ3v) is 3.19. The first-order valence-electron chi connectivity index (χ1n) is 4.83. The summed E-state index contributed by atoms with van der Waals surface area (Å²) in [6.45, 7) is 11.8. The smallest absolute Gasteiger partial charge is 0.0378 e. The van der Waals surface area contributed by atoms with Gasteiger partial charge in [-0.3, -0.25) is 4.98 Å². The summed E-state index contributed by atoms with van der Waals surface area (Å²) in [6.07, 6.45) is 5.63. The van der Waals surface area contributed by atoms with Crippen LogP contribution in [0.1, 0.15) is 11.3 Å². The standard InChI is InChI=1S/C13H16NP/c1-5-12(13(6-2)15-4)11-7-8-14-10(3)9-11/h5-9,15H,1-2H2,3-4H3/b13-12-. The summed E-state index contributed by atoms with van der Waals surface area (Å²) in [7, 11) is 0.728. The number of aromatic nitrogens is 1. The Balaban J connectivity index is 3.29. The van der Waals surface area contributed by atoms with E-state index < -0.39 is 0 Å². The summed E-state index contributed by atoms with van der Waals surface area (Å²) < 4.78 is 0. The Labute approximate surface area is 93.4 Å². The molecule has 1 aromatic heterocycles. The summed E-state index contributed by atoms with van der Waals surface area (Å²) in [4.78, 5) is 4.19. The van der Waals surface area contributed by atoms with Crippen LogP contribution in [0.2, 0.25) is 0 Å². The minimum absolute atomic E-state index is 0.728. The molecular formula is C13H16NP. The molecule has 0 radical (unpaired) electrons. The third kappa shape index (κ3) is 2.87. The molecule has 1 atom stereocenters. The van der Waals surface area contributed by atoms with Crippen molar-refractivity contribution in [2.24, 2.45) is 0 Å². The van der Waals surface area contributed by atoms with E-state index in [0.29, 0.717) is 0 Å². The molecule has 0 saturated heterocycles. The lowest BCUT2D eigenvalue weighted by atomic mass is 10.1. The van der Waals surface area contributed by atoms with Crippen molar-refractivity contribution in [1.82, 2.24) is 4.98 Å². The van der Waals surface area contributed by atoms with Crippen LogP contribution in [0.4, 0.5) is 0 Å². The Morgan fingerprint density at radius 2 is 2.13 bits per heavy atom. The predicted octanol–water partition coefficient (Wildman–Crippen LogP) is 3.78. The molecule has 0 spiro atoms. The zero-order valence-corrected chi connectivity index (χ0v) is 10.2. The fourth-order valence-corrected chi connectivity index (χ4v) is 2.16. The van der Waals surface area contributed by atoms with Crippen LogP contribution >= 0.6 is 8.58 Å². The van der Waals surface area contributed by atoms with Gasteiger partial charge in [0.05, 0.1) is 0 Å². The molecule has 0 amide bonds. The Morgan fingerprint density at radius 1 is 1.40 bits per heavy atom. The molecule has 1 aromatic rings. The summed E-state index contributed by atoms with van der Waals surface area (Å²) in [5.41, 5.74) is 3.35. The average molecular weight is 217 g/mol. The van der Waals surface area contributed by atoms with Gasteiger partial charge in [-0.2, -0.15) is 0 Å². The van der Waals surface area contributed by atoms with Crippen molar-refractivity contribution in [2.45, 2.75) is 6.92 Å². The van der Waals surface area contributed by atoms with Gasteiger partial charge >= 0.3 is 0 Å². The fourth-order valence-electron chi connectivity index (χ4n) is 1.44. The third-order valence-electron chi connectivity index (χ3n) is 2.18. The molecule has 0 bridgehead atoms. The average Bonchev–Trinajstić information content (AvgIpc) is 2.25. The highest BCUT2D eigenvalue weighted by atomic mass is 31.1. The highest BCUT2D eigenvalue weighted by Gasteiger charge is 2.02. The van der Waals surface area contributed by atoms with Gasteiger partial charge in [0.2, 0.25) is 0 Å². The molecule has 0 aliphatic heterocycles. The van der Waals surface area contributed by atoms with Gasteiger partial charge in [0.1, 0.15) is 0 Å². The number of hydrogen-bond donors (Lipinski definition) is 0. The lowest BCUT2D eigenvalue weighted by Crippen LogP contribution is -1.87. The summed E-state index contributed by atoms with van der Waals surface area (Å²) >= 11 is 0. The van der Waals surface area contributed by atoms with Crippen molar-refractivity contribution in [3.63, 3.8) is 0 Å². The van der Waals surface area contributed by atoms with Gasteiger partial charge in [-0.25, -0.2) is 0 Å². The largest absolute Gasteiger partial charge is 0.262 e. The van der Waals surface area contributed by atoms with Crippen molar-refractivity contribution in [1.29, 1.82) is 0 Å². The topological polar surface area (TPSA) is 12.9 Å². The van der Waals surface area contributed by atoms with Crippen molar-refractivity contribution in [2.75, 3.05) is 6.66 Å². The number of pyridine rings is 1. The van der Waals surface area contributed by atoms with Crippen LogP contribution in [0.3, 0.4) is 0 Å². The summed E-state index contributed by atoms with van der Waals surface area (Å²) in [5, 5.41) is 1.25. The maximum Gasteiger partial charge on any atom is 0.0378 e. The zero-order chi connectivity index (χ0) is 11.3. The Kier molecular flexibility index (Phi) is 4.45. The SMILES string of the molecule is C=C/C(PC)=C(\C=C)c1ccnc(C)c1. The van der Waals surface area contributed by atoms with Crippen molar-refractivity contribution < 1.29 is 0 Å². The summed E-state index contributed by atoms with van der Waals surface area (Å²) in [5.74, 6) is 0. The quantitative estimate of drug-likeness (QED) is 0.552. The lowest BCUT2D eigenvalue weighted by molar-refractivity contribution is 1.19. The van der Waals surface area contributed by atoms with Crippen LogP contribution < -0.4 is 0 Å². The molecule has 2 heteroatoms. The van der Waals surface area contributed by atoms with Gasteiger partial charge in [-0.05, 0) is 42.2 Å². The minimum Gasteiger partial charge on any atom is -0.262 e. The van der Waals surface area contributed by atoms with E-state index in [9.17, 15) is 0 Å². The molecule has 1 rings (SSSR count). The van der Waals surface area contributed by atoms with E-state index in [1.54, 1.807) is 0 Å². The van der Waals surface area contributed by atoms with E-state index in [-0.39, 0.29) is 0 Å². The second kappa shape index (κ2) is 5.63. The Hall–Kier alpha value is -1.20. The van der Waals surface area contributed by atoms with E-state index in [1.807, 2.05) is 31.3 Å². The molecule has 0 aromatic carbocycles. The zero-order valence-electron chi connectivity index (χ0n) is 9.25. The van der Waals surface area contributed by atoms with Crippen LogP contribution in [0.15, 0.2) is 49.0 Å². The highest BCUT2D eigenvalue weighted by molar-refractivity contribution is 7.42. The van der Waals surface area contributed by atoms with Crippen LogP contribution in [0.25, 0.3) is 5.57 Å². The van der Waals surface area contributed by atoms with Crippen molar-refractivity contribution in [3.05, 3.63) is 60.2 Å². The molecule has 0 aliphatic carbocycles. The summed E-state index contributed by atoms with van der Waals surface area (Å²) in [6, 6.07) is 4.08. The molecule has 0 aliphatic rings. The van der Waals surface area contributed by atoms with E-state index in [1.165, 1.54) is 10.9 Å². The molecule has 1 heterocycles. The molecule has 1 nitrogen and oxygen atoms in total. The highest BCUT2D eigenvalue weighted by Crippen LogP contribution is 2.30. The monoisotopic (exact) mass is 217 g/mol. The molecule has 0 N–H and O–H groups in total. The van der Waals surface area contributed by atoms with Gasteiger partial charge in [-0.15, -0.1) is 0 Å². The number of rotatable bonds is 4. The first kappa shape index (κ1) is 11.9. The van der Waals surface area contributed by atoms with Crippen molar-refractivity contribution >= 4 is 14.2 Å². The molecule has 1 unspecified atom stereocenters. The van der Waals surface area contributed by atoms with Crippen LogP contribution in [-0.4, -0.2) is 11.6 Å². The van der Waals surface area contributed by atoms with E-state index in [4.69, 9.17) is 0 Å². The van der Waals surface area contributed by atoms with E-state index >= 15 is 0 Å². The van der Waals surface area contributed by atoms with Gasteiger partial charge in [0.25, 0.3) is 0 Å². The number of hydrogen-bond acceptors (Lipinski definition) is 1. The normalized spacial score (nSPS) is 12.7. The first-order valence-corrected chi connectivity index (χ1v) is 6.33. The number of nitrogens with zero attached hydrogens (tertiary/aromatic N) is 1. The molecule has 78 valence electrons. The predicted molar refractivity (Wildman–Crippen MR) is 70.5 cm³/mol. The molecular weight excluding hydrogens is 201 g/mol. The maximum atomic E-state index is 4.19.